The fourth-order valence-corrected chi connectivity index (χ4v) is 2.65. The molecule has 2 rings (SSSR count). The number of hydrogen-bond acceptors (Lipinski definition) is 3. The fraction of sp³-hybridized carbons (Fsp3) is 0.400. The number of unbranched alkanes of at least 4 members (excludes halogenated alkanes) is 1. The van der Waals surface area contributed by atoms with E-state index in [-0.39, 0.29) is 0 Å². The Kier molecular flexibility index (Phi) is 5.94. The van der Waals surface area contributed by atoms with Crippen molar-refractivity contribution in [3.05, 3.63) is 71.8 Å². The second kappa shape index (κ2) is 7.73. The van der Waals surface area contributed by atoms with Gasteiger partial charge in [0.15, 0.2) is 0 Å². The number of ether oxygens (including phenoxy) is 1. The van der Waals surface area contributed by atoms with Crippen molar-refractivity contribution in [2.75, 3.05) is 0 Å². The van der Waals surface area contributed by atoms with Crippen molar-refractivity contribution >= 4 is 0 Å². The van der Waals surface area contributed by atoms with Crippen LogP contribution < -0.4 is 0 Å². The molecule has 0 saturated carbocycles. The van der Waals surface area contributed by atoms with E-state index in [2.05, 4.69) is 6.92 Å². The highest BCUT2D eigenvalue weighted by molar-refractivity contribution is 5.23. The van der Waals surface area contributed by atoms with E-state index in [9.17, 15) is 10.2 Å². The topological polar surface area (TPSA) is 49.7 Å². The summed E-state index contributed by atoms with van der Waals surface area (Å²) in [5.41, 5.74) is 0.381. The Bertz CT molecular complexity index is 580. The van der Waals surface area contributed by atoms with Gasteiger partial charge in [0.2, 0.25) is 5.79 Å². The molecule has 0 radical (unpaired) electrons. The van der Waals surface area contributed by atoms with Gasteiger partial charge in [0, 0.05) is 5.56 Å². The number of hydrogen-bond donors (Lipinski definition) is 2. The van der Waals surface area contributed by atoms with Gasteiger partial charge in [-0.25, -0.2) is 0 Å². The molecule has 0 aromatic heterocycles. The molecule has 0 spiro atoms. The molecule has 0 amide bonds. The molecule has 0 saturated heterocycles. The third kappa shape index (κ3) is 4.20. The van der Waals surface area contributed by atoms with E-state index < -0.39 is 11.4 Å². The van der Waals surface area contributed by atoms with Gasteiger partial charge in [0.05, 0.1) is 6.61 Å². The summed E-state index contributed by atoms with van der Waals surface area (Å²) in [6.45, 7) is 4.20. The third-order valence-electron chi connectivity index (χ3n) is 4.32. The van der Waals surface area contributed by atoms with Crippen LogP contribution in [-0.2, 0) is 17.1 Å². The molecule has 3 nitrogen and oxygen atoms in total. The maximum absolute atomic E-state index is 10.8. The zero-order valence-corrected chi connectivity index (χ0v) is 13.9. The van der Waals surface area contributed by atoms with Crippen molar-refractivity contribution in [1.29, 1.82) is 0 Å². The second-order valence-electron chi connectivity index (χ2n) is 6.15. The van der Waals surface area contributed by atoms with E-state index >= 15 is 0 Å². The van der Waals surface area contributed by atoms with Crippen LogP contribution in [0.15, 0.2) is 60.7 Å². The van der Waals surface area contributed by atoms with E-state index in [0.29, 0.717) is 18.6 Å². The molecule has 1 atom stereocenters. The Hall–Kier alpha value is -1.68. The molecule has 23 heavy (non-hydrogen) atoms. The molecule has 0 bridgehead atoms. The van der Waals surface area contributed by atoms with Gasteiger partial charge >= 0.3 is 0 Å². The van der Waals surface area contributed by atoms with E-state index in [1.165, 1.54) is 0 Å². The second-order valence-corrected chi connectivity index (χ2v) is 6.15. The normalized spacial score (nSPS) is 14.4. The first-order chi connectivity index (χ1) is 11.0. The smallest absolute Gasteiger partial charge is 0.219 e. The standard InChI is InChI=1S/C20H26O3/c1-3-4-15-19(2,23-16-17-11-7-5-8-12-17)20(21,22)18-13-9-6-10-14-18/h5-14,21-22H,3-4,15-16H2,1-2H3. The monoisotopic (exact) mass is 314 g/mol. The van der Waals surface area contributed by atoms with Crippen molar-refractivity contribution in [3.63, 3.8) is 0 Å². The van der Waals surface area contributed by atoms with Crippen LogP contribution in [0, 0.1) is 0 Å². The lowest BCUT2D eigenvalue weighted by Crippen LogP contribution is -2.51. The first-order valence-electron chi connectivity index (χ1n) is 8.18. The summed E-state index contributed by atoms with van der Waals surface area (Å²) in [6.07, 6.45) is 2.40. The van der Waals surface area contributed by atoms with Crippen molar-refractivity contribution in [1.82, 2.24) is 0 Å². The fourth-order valence-electron chi connectivity index (χ4n) is 2.65. The lowest BCUT2D eigenvalue weighted by molar-refractivity contribution is -0.300. The summed E-state index contributed by atoms with van der Waals surface area (Å²) in [4.78, 5) is 0. The first-order valence-corrected chi connectivity index (χ1v) is 8.18. The Morgan fingerprint density at radius 2 is 1.48 bits per heavy atom. The zero-order valence-electron chi connectivity index (χ0n) is 13.9. The molecule has 0 aliphatic carbocycles. The SMILES string of the molecule is CCCCC(C)(OCc1ccccc1)C(O)(O)c1ccccc1. The predicted molar refractivity (Wildman–Crippen MR) is 91.7 cm³/mol. The van der Waals surface area contributed by atoms with Crippen LogP contribution in [0.3, 0.4) is 0 Å². The van der Waals surface area contributed by atoms with Crippen LogP contribution in [0.25, 0.3) is 0 Å². The molecule has 2 aromatic rings. The zero-order chi connectivity index (χ0) is 16.8. The van der Waals surface area contributed by atoms with Gasteiger partial charge < -0.3 is 14.9 Å². The van der Waals surface area contributed by atoms with Crippen molar-refractivity contribution < 1.29 is 14.9 Å². The van der Waals surface area contributed by atoms with Crippen LogP contribution in [-0.4, -0.2) is 15.8 Å². The van der Waals surface area contributed by atoms with Gasteiger partial charge in [0.1, 0.15) is 5.60 Å². The average Bonchev–Trinajstić information content (AvgIpc) is 2.59. The summed E-state index contributed by atoms with van der Waals surface area (Å²) in [7, 11) is 0. The molecule has 2 aromatic carbocycles. The quantitative estimate of drug-likeness (QED) is 0.724. The molecule has 0 aliphatic heterocycles. The Labute approximate surface area is 138 Å². The Morgan fingerprint density at radius 3 is 2.04 bits per heavy atom. The van der Waals surface area contributed by atoms with Crippen molar-refractivity contribution in [3.8, 4) is 0 Å². The van der Waals surface area contributed by atoms with Gasteiger partial charge in [-0.2, -0.15) is 0 Å². The van der Waals surface area contributed by atoms with E-state index in [1.54, 1.807) is 31.2 Å². The minimum Gasteiger partial charge on any atom is -0.365 e. The maximum atomic E-state index is 10.8. The van der Waals surface area contributed by atoms with Gasteiger partial charge in [-0.3, -0.25) is 0 Å². The highest BCUT2D eigenvalue weighted by Gasteiger charge is 2.47. The summed E-state index contributed by atoms with van der Waals surface area (Å²) >= 11 is 0. The molecule has 1 unspecified atom stereocenters. The molecule has 0 fully saturated rings. The Balaban J connectivity index is 2.23. The molecule has 3 heteroatoms. The van der Waals surface area contributed by atoms with Gasteiger partial charge in [-0.1, -0.05) is 80.4 Å². The maximum Gasteiger partial charge on any atom is 0.219 e. The number of rotatable bonds is 8. The molecule has 124 valence electrons. The summed E-state index contributed by atoms with van der Waals surface area (Å²) in [5.74, 6) is -2.04. The Morgan fingerprint density at radius 1 is 0.913 bits per heavy atom. The first kappa shape index (κ1) is 17.7. The highest BCUT2D eigenvalue weighted by atomic mass is 16.6. The number of benzene rings is 2. The molecule has 2 N–H and O–H groups in total. The van der Waals surface area contributed by atoms with Crippen LogP contribution in [0.2, 0.25) is 0 Å². The van der Waals surface area contributed by atoms with E-state index in [0.717, 1.165) is 18.4 Å². The summed E-state index contributed by atoms with van der Waals surface area (Å²) in [5, 5.41) is 21.7. The summed E-state index contributed by atoms with van der Waals surface area (Å²) in [6, 6.07) is 18.7. The molecule has 0 aliphatic rings. The molecule has 0 heterocycles. The van der Waals surface area contributed by atoms with E-state index in [1.807, 2.05) is 36.4 Å². The van der Waals surface area contributed by atoms with Crippen LogP contribution in [0.4, 0.5) is 0 Å². The third-order valence-corrected chi connectivity index (χ3v) is 4.32. The van der Waals surface area contributed by atoms with Crippen LogP contribution in [0.5, 0.6) is 0 Å². The number of aliphatic hydroxyl groups is 2. The molecular weight excluding hydrogens is 288 g/mol. The van der Waals surface area contributed by atoms with Gasteiger partial charge in [-0.15, -0.1) is 0 Å². The summed E-state index contributed by atoms with van der Waals surface area (Å²) < 4.78 is 6.04. The van der Waals surface area contributed by atoms with E-state index in [4.69, 9.17) is 4.74 Å². The highest BCUT2D eigenvalue weighted by Crippen LogP contribution is 2.38. The van der Waals surface area contributed by atoms with Crippen molar-refractivity contribution in [2.24, 2.45) is 0 Å². The average molecular weight is 314 g/mol. The predicted octanol–water partition coefficient (Wildman–Crippen LogP) is 3.99. The largest absolute Gasteiger partial charge is 0.365 e. The minimum atomic E-state index is -2.04. The molecular formula is C20H26O3. The van der Waals surface area contributed by atoms with Crippen molar-refractivity contribution in [2.45, 2.75) is 51.1 Å². The van der Waals surface area contributed by atoms with Crippen LogP contribution >= 0.6 is 0 Å². The lowest BCUT2D eigenvalue weighted by Gasteiger charge is -2.41. The lowest BCUT2D eigenvalue weighted by atomic mass is 9.84. The van der Waals surface area contributed by atoms with Gasteiger partial charge in [0.25, 0.3) is 0 Å². The van der Waals surface area contributed by atoms with Crippen LogP contribution in [0.1, 0.15) is 44.2 Å². The van der Waals surface area contributed by atoms with Gasteiger partial charge in [-0.05, 0) is 18.9 Å². The minimum absolute atomic E-state index is 0.344.